The molecule has 1 saturated heterocycles. The third kappa shape index (κ3) is 4.69. The monoisotopic (exact) mass is 428 g/mol. The van der Waals surface area contributed by atoms with Crippen molar-refractivity contribution in [2.75, 3.05) is 25.0 Å². The number of aryl methyl sites for hydroxylation is 1. The SMILES string of the molecule is Cc1ccc(-n2nccn2)c(C(=O)N2CCCOC2CNc2ccc(C(F)F)cn2)c1. The van der Waals surface area contributed by atoms with E-state index in [1.165, 1.54) is 16.9 Å². The number of rotatable bonds is 6. The van der Waals surface area contributed by atoms with Crippen LogP contribution >= 0.6 is 0 Å². The van der Waals surface area contributed by atoms with Crippen molar-refractivity contribution >= 4 is 11.7 Å². The number of amides is 1. The van der Waals surface area contributed by atoms with Crippen molar-refractivity contribution in [2.24, 2.45) is 0 Å². The topological polar surface area (TPSA) is 85.2 Å². The van der Waals surface area contributed by atoms with Crippen LogP contribution in [0, 0.1) is 6.92 Å². The molecule has 1 aliphatic heterocycles. The summed E-state index contributed by atoms with van der Waals surface area (Å²) in [6, 6.07) is 8.33. The van der Waals surface area contributed by atoms with E-state index in [9.17, 15) is 13.6 Å². The lowest BCUT2D eigenvalue weighted by atomic mass is 10.1. The molecule has 1 fully saturated rings. The van der Waals surface area contributed by atoms with Gasteiger partial charge < -0.3 is 15.0 Å². The number of pyridine rings is 1. The molecule has 10 heteroatoms. The summed E-state index contributed by atoms with van der Waals surface area (Å²) in [7, 11) is 0. The molecule has 0 saturated carbocycles. The maximum atomic E-state index is 13.5. The minimum Gasteiger partial charge on any atom is -0.366 e. The maximum Gasteiger partial charge on any atom is 0.265 e. The summed E-state index contributed by atoms with van der Waals surface area (Å²) in [6.45, 7) is 3.24. The van der Waals surface area contributed by atoms with Gasteiger partial charge in [0, 0.05) is 18.3 Å². The van der Waals surface area contributed by atoms with E-state index in [1.807, 2.05) is 25.1 Å². The number of aromatic nitrogens is 4. The van der Waals surface area contributed by atoms with Crippen molar-refractivity contribution < 1.29 is 18.3 Å². The lowest BCUT2D eigenvalue weighted by Crippen LogP contribution is -2.50. The molecular formula is C21H22F2N6O2. The highest BCUT2D eigenvalue weighted by Gasteiger charge is 2.30. The Morgan fingerprint density at radius 2 is 2.06 bits per heavy atom. The molecule has 1 unspecified atom stereocenters. The average molecular weight is 428 g/mol. The molecule has 0 bridgehead atoms. The maximum absolute atomic E-state index is 13.5. The number of alkyl halides is 2. The van der Waals surface area contributed by atoms with Crippen LogP contribution in [0.2, 0.25) is 0 Å². The Bertz CT molecular complexity index is 1030. The van der Waals surface area contributed by atoms with Crippen LogP contribution in [0.3, 0.4) is 0 Å². The molecule has 1 aromatic carbocycles. The fourth-order valence-electron chi connectivity index (χ4n) is 3.41. The third-order valence-corrected chi connectivity index (χ3v) is 4.97. The predicted octanol–water partition coefficient (Wildman–Crippen LogP) is 3.21. The number of carbonyl (C=O) groups is 1. The molecule has 4 rings (SSSR count). The number of benzene rings is 1. The summed E-state index contributed by atoms with van der Waals surface area (Å²) in [5.41, 5.74) is 1.86. The fourth-order valence-corrected chi connectivity index (χ4v) is 3.41. The van der Waals surface area contributed by atoms with Crippen molar-refractivity contribution in [1.82, 2.24) is 24.9 Å². The van der Waals surface area contributed by atoms with E-state index < -0.39 is 12.7 Å². The van der Waals surface area contributed by atoms with Gasteiger partial charge >= 0.3 is 0 Å². The van der Waals surface area contributed by atoms with E-state index in [1.54, 1.807) is 17.3 Å². The van der Waals surface area contributed by atoms with Crippen LogP contribution in [-0.4, -0.2) is 56.7 Å². The van der Waals surface area contributed by atoms with Gasteiger partial charge in [0.05, 0.1) is 36.8 Å². The summed E-state index contributed by atoms with van der Waals surface area (Å²) in [6.07, 6.45) is 1.85. The van der Waals surface area contributed by atoms with Crippen LogP contribution in [0.5, 0.6) is 0 Å². The summed E-state index contributed by atoms with van der Waals surface area (Å²) in [5, 5.41) is 11.4. The third-order valence-electron chi connectivity index (χ3n) is 4.97. The Morgan fingerprint density at radius 3 is 2.77 bits per heavy atom. The van der Waals surface area contributed by atoms with Gasteiger partial charge in [-0.15, -0.1) is 0 Å². The molecule has 1 amide bonds. The van der Waals surface area contributed by atoms with Gasteiger partial charge in [-0.2, -0.15) is 15.0 Å². The van der Waals surface area contributed by atoms with Gasteiger partial charge in [-0.1, -0.05) is 11.6 Å². The standard InChI is InChI=1S/C21H22F2N6O2/c1-14-3-5-17(29-26-7-8-27-29)16(11-14)21(30)28-9-2-10-31-19(28)13-25-18-6-4-15(12-24-18)20(22)23/h3-8,11-12,19-20H,2,9-10,13H2,1H3,(H,24,25). The molecule has 0 radical (unpaired) electrons. The largest absolute Gasteiger partial charge is 0.366 e. The molecule has 1 N–H and O–H groups in total. The summed E-state index contributed by atoms with van der Waals surface area (Å²) >= 11 is 0. The van der Waals surface area contributed by atoms with Gasteiger partial charge in [0.15, 0.2) is 0 Å². The van der Waals surface area contributed by atoms with Gasteiger partial charge in [0.1, 0.15) is 12.0 Å². The van der Waals surface area contributed by atoms with Crippen molar-refractivity contribution in [1.29, 1.82) is 0 Å². The number of hydrogen-bond donors (Lipinski definition) is 1. The second-order valence-electron chi connectivity index (χ2n) is 7.18. The van der Waals surface area contributed by atoms with Gasteiger partial charge in [0.25, 0.3) is 12.3 Å². The molecule has 31 heavy (non-hydrogen) atoms. The van der Waals surface area contributed by atoms with Crippen molar-refractivity contribution in [3.8, 4) is 5.69 Å². The number of hydrogen-bond acceptors (Lipinski definition) is 6. The Labute approximate surface area is 177 Å². The zero-order chi connectivity index (χ0) is 21.8. The number of carbonyl (C=O) groups excluding carboxylic acids is 1. The van der Waals surface area contributed by atoms with Crippen molar-refractivity contribution in [2.45, 2.75) is 26.0 Å². The molecule has 1 aliphatic rings. The zero-order valence-electron chi connectivity index (χ0n) is 16.9. The van der Waals surface area contributed by atoms with E-state index in [4.69, 9.17) is 4.74 Å². The second-order valence-corrected chi connectivity index (χ2v) is 7.18. The normalized spacial score (nSPS) is 16.5. The Morgan fingerprint density at radius 1 is 1.26 bits per heavy atom. The first-order valence-electron chi connectivity index (χ1n) is 9.91. The number of halogens is 2. The zero-order valence-corrected chi connectivity index (χ0v) is 16.9. The number of anilines is 1. The van der Waals surface area contributed by atoms with Crippen LogP contribution in [0.25, 0.3) is 5.69 Å². The molecule has 1 atom stereocenters. The Kier molecular flexibility index (Phi) is 6.17. The smallest absolute Gasteiger partial charge is 0.265 e. The highest BCUT2D eigenvalue weighted by Crippen LogP contribution is 2.22. The van der Waals surface area contributed by atoms with Crippen LogP contribution in [-0.2, 0) is 4.74 Å². The van der Waals surface area contributed by atoms with Gasteiger partial charge in [-0.25, -0.2) is 13.8 Å². The number of ether oxygens (including phenoxy) is 1. The molecule has 162 valence electrons. The van der Waals surface area contributed by atoms with E-state index >= 15 is 0 Å². The van der Waals surface area contributed by atoms with Gasteiger partial charge in [-0.05, 0) is 37.6 Å². The van der Waals surface area contributed by atoms with E-state index in [-0.39, 0.29) is 18.0 Å². The first-order valence-corrected chi connectivity index (χ1v) is 9.91. The van der Waals surface area contributed by atoms with Crippen LogP contribution in [0.15, 0.2) is 48.9 Å². The van der Waals surface area contributed by atoms with Gasteiger partial charge in [-0.3, -0.25) is 4.79 Å². The molecule has 3 heterocycles. The van der Waals surface area contributed by atoms with Crippen LogP contribution in [0.4, 0.5) is 14.6 Å². The quantitative estimate of drug-likeness (QED) is 0.649. The summed E-state index contributed by atoms with van der Waals surface area (Å²) in [4.78, 5) is 20.5. The Hall–Kier alpha value is -3.40. The molecule has 0 spiro atoms. The minimum atomic E-state index is -2.57. The first kappa shape index (κ1) is 20.9. The van der Waals surface area contributed by atoms with Crippen LogP contribution in [0.1, 0.15) is 34.3 Å². The van der Waals surface area contributed by atoms with Crippen LogP contribution < -0.4 is 5.32 Å². The van der Waals surface area contributed by atoms with E-state index in [0.29, 0.717) is 36.6 Å². The predicted molar refractivity (Wildman–Crippen MR) is 109 cm³/mol. The lowest BCUT2D eigenvalue weighted by molar-refractivity contribution is -0.0691. The molecular weight excluding hydrogens is 406 g/mol. The van der Waals surface area contributed by atoms with Gasteiger partial charge in [0.2, 0.25) is 0 Å². The summed E-state index contributed by atoms with van der Waals surface area (Å²) < 4.78 is 31.2. The van der Waals surface area contributed by atoms with Crippen molar-refractivity contribution in [3.05, 3.63) is 65.6 Å². The Balaban J connectivity index is 1.52. The van der Waals surface area contributed by atoms with E-state index in [2.05, 4.69) is 20.5 Å². The van der Waals surface area contributed by atoms with Crippen molar-refractivity contribution in [3.63, 3.8) is 0 Å². The van der Waals surface area contributed by atoms with E-state index in [0.717, 1.165) is 11.8 Å². The molecule has 2 aromatic heterocycles. The molecule has 0 aliphatic carbocycles. The number of nitrogens with zero attached hydrogens (tertiary/aromatic N) is 5. The molecule has 3 aromatic rings. The number of nitrogens with one attached hydrogen (secondary N) is 1. The summed E-state index contributed by atoms with van der Waals surface area (Å²) in [5.74, 6) is 0.242. The lowest BCUT2D eigenvalue weighted by Gasteiger charge is -2.36. The highest BCUT2D eigenvalue weighted by atomic mass is 19.3. The first-order chi connectivity index (χ1) is 15.0. The molecule has 8 nitrogen and oxygen atoms in total. The highest BCUT2D eigenvalue weighted by molar-refractivity contribution is 5.98. The second kappa shape index (κ2) is 9.17. The fraction of sp³-hybridized carbons (Fsp3) is 0.333. The average Bonchev–Trinajstić information content (AvgIpc) is 3.32. The minimum absolute atomic E-state index is 0.143.